The standard InChI is InChI=1S/C12H20N4/c1-3-10-14-11(13-4-2)9-12(15-10)16-7-5-6-8-16/h9H,3-8H2,1-2H3,(H,13,14,15). The number of hydrogen-bond acceptors (Lipinski definition) is 4. The fourth-order valence-corrected chi connectivity index (χ4v) is 2.02. The highest BCUT2D eigenvalue weighted by Crippen LogP contribution is 2.20. The van der Waals surface area contributed by atoms with E-state index < -0.39 is 0 Å². The molecule has 0 aromatic carbocycles. The number of aromatic nitrogens is 2. The molecule has 1 aromatic heterocycles. The van der Waals surface area contributed by atoms with Gasteiger partial charge in [-0.05, 0) is 19.8 Å². The van der Waals surface area contributed by atoms with Gasteiger partial charge in [0.2, 0.25) is 0 Å². The lowest BCUT2D eigenvalue weighted by atomic mass is 10.4. The molecule has 2 rings (SSSR count). The molecule has 1 aromatic rings. The Kier molecular flexibility index (Phi) is 3.59. The second-order valence-corrected chi connectivity index (χ2v) is 4.11. The summed E-state index contributed by atoms with van der Waals surface area (Å²) in [4.78, 5) is 11.4. The molecule has 0 saturated carbocycles. The van der Waals surface area contributed by atoms with E-state index >= 15 is 0 Å². The maximum atomic E-state index is 4.59. The molecule has 0 atom stereocenters. The van der Waals surface area contributed by atoms with Crippen molar-refractivity contribution >= 4 is 11.6 Å². The summed E-state index contributed by atoms with van der Waals surface area (Å²) in [6.45, 7) is 7.35. The van der Waals surface area contributed by atoms with Gasteiger partial charge >= 0.3 is 0 Å². The average Bonchev–Trinajstić information content (AvgIpc) is 2.82. The van der Waals surface area contributed by atoms with Gasteiger partial charge in [-0.1, -0.05) is 6.92 Å². The SMILES string of the molecule is CCNc1cc(N2CCCC2)nc(CC)n1. The normalized spacial score (nSPS) is 15.5. The van der Waals surface area contributed by atoms with E-state index in [9.17, 15) is 0 Å². The van der Waals surface area contributed by atoms with Crippen LogP contribution in [0.25, 0.3) is 0 Å². The van der Waals surface area contributed by atoms with Crippen molar-refractivity contribution in [2.75, 3.05) is 29.9 Å². The third kappa shape index (κ3) is 2.43. The Balaban J connectivity index is 2.24. The lowest BCUT2D eigenvalue weighted by Crippen LogP contribution is -2.20. The third-order valence-electron chi connectivity index (χ3n) is 2.86. The third-order valence-corrected chi connectivity index (χ3v) is 2.86. The van der Waals surface area contributed by atoms with Crippen LogP contribution in [0.2, 0.25) is 0 Å². The van der Waals surface area contributed by atoms with E-state index in [1.807, 2.05) is 0 Å². The fraction of sp³-hybridized carbons (Fsp3) is 0.667. The van der Waals surface area contributed by atoms with Gasteiger partial charge in [0.15, 0.2) is 0 Å². The van der Waals surface area contributed by atoms with Crippen molar-refractivity contribution in [2.45, 2.75) is 33.1 Å². The predicted molar refractivity (Wildman–Crippen MR) is 67.0 cm³/mol. The predicted octanol–water partition coefficient (Wildman–Crippen LogP) is 2.07. The van der Waals surface area contributed by atoms with E-state index in [1.54, 1.807) is 0 Å². The minimum atomic E-state index is 0.889. The molecule has 88 valence electrons. The monoisotopic (exact) mass is 220 g/mol. The van der Waals surface area contributed by atoms with Gasteiger partial charge in [0.05, 0.1) is 0 Å². The summed E-state index contributed by atoms with van der Waals surface area (Å²) in [5, 5.41) is 3.27. The number of nitrogens with one attached hydrogen (secondary N) is 1. The van der Waals surface area contributed by atoms with Gasteiger partial charge < -0.3 is 10.2 Å². The van der Waals surface area contributed by atoms with E-state index in [2.05, 4.69) is 40.1 Å². The summed E-state index contributed by atoms with van der Waals surface area (Å²) in [5.41, 5.74) is 0. The molecule has 16 heavy (non-hydrogen) atoms. The van der Waals surface area contributed by atoms with Crippen LogP contribution in [0.3, 0.4) is 0 Å². The van der Waals surface area contributed by atoms with Crippen molar-refractivity contribution in [1.29, 1.82) is 0 Å². The molecule has 0 spiro atoms. The minimum absolute atomic E-state index is 0.889. The lowest BCUT2D eigenvalue weighted by molar-refractivity contribution is 0.878. The molecular weight excluding hydrogens is 200 g/mol. The molecule has 0 bridgehead atoms. The number of aryl methyl sites for hydroxylation is 1. The van der Waals surface area contributed by atoms with Gasteiger partial charge in [0.25, 0.3) is 0 Å². The zero-order chi connectivity index (χ0) is 11.4. The molecule has 1 aliphatic heterocycles. The number of rotatable bonds is 4. The molecule has 1 aliphatic rings. The van der Waals surface area contributed by atoms with Crippen molar-refractivity contribution in [3.8, 4) is 0 Å². The van der Waals surface area contributed by atoms with Crippen LogP contribution in [0.5, 0.6) is 0 Å². The average molecular weight is 220 g/mol. The first-order valence-electron chi connectivity index (χ1n) is 6.20. The smallest absolute Gasteiger partial charge is 0.134 e. The van der Waals surface area contributed by atoms with Crippen molar-refractivity contribution in [3.05, 3.63) is 11.9 Å². The summed E-state index contributed by atoms with van der Waals surface area (Å²) in [6.07, 6.45) is 3.45. The van der Waals surface area contributed by atoms with Crippen LogP contribution < -0.4 is 10.2 Å². The minimum Gasteiger partial charge on any atom is -0.370 e. The molecule has 1 N–H and O–H groups in total. The van der Waals surface area contributed by atoms with E-state index in [-0.39, 0.29) is 0 Å². The highest BCUT2D eigenvalue weighted by molar-refractivity contribution is 5.49. The zero-order valence-corrected chi connectivity index (χ0v) is 10.2. The first kappa shape index (κ1) is 11.2. The molecule has 2 heterocycles. The van der Waals surface area contributed by atoms with Gasteiger partial charge in [0.1, 0.15) is 17.5 Å². The van der Waals surface area contributed by atoms with Gasteiger partial charge in [0, 0.05) is 32.1 Å². The fourth-order valence-electron chi connectivity index (χ4n) is 2.02. The summed E-state index contributed by atoms with van der Waals surface area (Å²) in [7, 11) is 0. The van der Waals surface area contributed by atoms with E-state index in [1.165, 1.54) is 12.8 Å². The van der Waals surface area contributed by atoms with Gasteiger partial charge in [-0.15, -0.1) is 0 Å². The van der Waals surface area contributed by atoms with Crippen LogP contribution >= 0.6 is 0 Å². The summed E-state index contributed by atoms with van der Waals surface area (Å²) >= 11 is 0. The first-order chi connectivity index (χ1) is 7.83. The summed E-state index contributed by atoms with van der Waals surface area (Å²) in [6, 6.07) is 2.06. The molecule has 0 radical (unpaired) electrons. The molecule has 0 aliphatic carbocycles. The Labute approximate surface area is 97.1 Å². The van der Waals surface area contributed by atoms with Crippen LogP contribution in [-0.2, 0) is 6.42 Å². The van der Waals surface area contributed by atoms with Crippen LogP contribution in [0.1, 0.15) is 32.5 Å². The summed E-state index contributed by atoms with van der Waals surface area (Å²) < 4.78 is 0. The lowest BCUT2D eigenvalue weighted by Gasteiger charge is -2.18. The van der Waals surface area contributed by atoms with Crippen molar-refractivity contribution in [1.82, 2.24) is 9.97 Å². The van der Waals surface area contributed by atoms with Crippen LogP contribution in [-0.4, -0.2) is 29.6 Å². The Morgan fingerprint density at radius 2 is 2.00 bits per heavy atom. The molecule has 0 amide bonds. The van der Waals surface area contributed by atoms with E-state index in [0.29, 0.717) is 0 Å². The Bertz CT molecular complexity index is 345. The first-order valence-corrected chi connectivity index (χ1v) is 6.20. The molecular formula is C12H20N4. The molecule has 1 fully saturated rings. The second kappa shape index (κ2) is 5.14. The zero-order valence-electron chi connectivity index (χ0n) is 10.2. The van der Waals surface area contributed by atoms with Crippen LogP contribution in [0, 0.1) is 0 Å². The Morgan fingerprint density at radius 3 is 2.62 bits per heavy atom. The van der Waals surface area contributed by atoms with Gasteiger partial charge in [-0.2, -0.15) is 0 Å². The van der Waals surface area contributed by atoms with Crippen LogP contribution in [0.15, 0.2) is 6.07 Å². The van der Waals surface area contributed by atoms with Crippen molar-refractivity contribution in [2.24, 2.45) is 0 Å². The second-order valence-electron chi connectivity index (χ2n) is 4.11. The maximum Gasteiger partial charge on any atom is 0.134 e. The Morgan fingerprint density at radius 1 is 1.25 bits per heavy atom. The molecule has 4 heteroatoms. The maximum absolute atomic E-state index is 4.59. The van der Waals surface area contributed by atoms with E-state index in [4.69, 9.17) is 0 Å². The van der Waals surface area contributed by atoms with Crippen LogP contribution in [0.4, 0.5) is 11.6 Å². The van der Waals surface area contributed by atoms with Gasteiger partial charge in [-0.3, -0.25) is 0 Å². The van der Waals surface area contributed by atoms with Gasteiger partial charge in [-0.25, -0.2) is 9.97 Å². The quantitative estimate of drug-likeness (QED) is 0.843. The topological polar surface area (TPSA) is 41.0 Å². The summed E-state index contributed by atoms with van der Waals surface area (Å²) in [5.74, 6) is 2.97. The number of hydrogen-bond donors (Lipinski definition) is 1. The van der Waals surface area contributed by atoms with Crippen molar-refractivity contribution in [3.63, 3.8) is 0 Å². The van der Waals surface area contributed by atoms with Crippen molar-refractivity contribution < 1.29 is 0 Å². The molecule has 0 unspecified atom stereocenters. The highest BCUT2D eigenvalue weighted by Gasteiger charge is 2.15. The Hall–Kier alpha value is -1.32. The highest BCUT2D eigenvalue weighted by atomic mass is 15.2. The number of anilines is 2. The largest absolute Gasteiger partial charge is 0.370 e. The molecule has 1 saturated heterocycles. The molecule has 4 nitrogen and oxygen atoms in total. The van der Waals surface area contributed by atoms with E-state index in [0.717, 1.165) is 43.5 Å². The number of nitrogens with zero attached hydrogens (tertiary/aromatic N) is 3.